The first kappa shape index (κ1) is 11.7. The van der Waals surface area contributed by atoms with Gasteiger partial charge in [0, 0.05) is 26.0 Å². The summed E-state index contributed by atoms with van der Waals surface area (Å²) in [6.45, 7) is 2.68. The minimum Gasteiger partial charge on any atom is -0.341 e. The van der Waals surface area contributed by atoms with E-state index < -0.39 is 0 Å². The second-order valence-electron chi connectivity index (χ2n) is 5.58. The molecule has 0 N–H and O–H groups in total. The van der Waals surface area contributed by atoms with Gasteiger partial charge >= 0.3 is 0 Å². The molecule has 2 aliphatic rings. The summed E-state index contributed by atoms with van der Waals surface area (Å²) in [5, 5.41) is 0. The molecule has 1 saturated heterocycles. The quantitative estimate of drug-likeness (QED) is 0.684. The highest BCUT2D eigenvalue weighted by Crippen LogP contribution is 2.41. The van der Waals surface area contributed by atoms with Gasteiger partial charge < -0.3 is 9.80 Å². The molecule has 0 saturated carbocycles. The van der Waals surface area contributed by atoms with E-state index in [0.29, 0.717) is 6.54 Å². The molecule has 0 atom stereocenters. The third-order valence-corrected chi connectivity index (χ3v) is 4.43. The van der Waals surface area contributed by atoms with Gasteiger partial charge in [-0.1, -0.05) is 0 Å². The van der Waals surface area contributed by atoms with E-state index in [2.05, 4.69) is 23.0 Å². The number of aromatic nitrogens is 1. The van der Waals surface area contributed by atoms with Crippen LogP contribution in [0.1, 0.15) is 24.0 Å². The molecule has 1 fully saturated rings. The monoisotopic (exact) mass is 245 g/mol. The Morgan fingerprint density at radius 1 is 1.28 bits per heavy atom. The van der Waals surface area contributed by atoms with E-state index in [0.717, 1.165) is 25.9 Å². The Balaban J connectivity index is 2.09. The summed E-state index contributed by atoms with van der Waals surface area (Å²) in [5.41, 5.74) is 2.11. The SMILES string of the molecule is CN1CCC2(CC1)C(=O)N(C)Cc1ccncc12. The van der Waals surface area contributed by atoms with E-state index in [1.807, 2.05) is 24.3 Å². The first-order chi connectivity index (χ1) is 8.63. The van der Waals surface area contributed by atoms with Crippen LogP contribution in [0.4, 0.5) is 0 Å². The predicted molar refractivity (Wildman–Crippen MR) is 69.1 cm³/mol. The highest BCUT2D eigenvalue weighted by molar-refractivity contribution is 5.90. The van der Waals surface area contributed by atoms with Gasteiger partial charge in [-0.2, -0.15) is 0 Å². The van der Waals surface area contributed by atoms with Crippen molar-refractivity contribution in [3.63, 3.8) is 0 Å². The molecule has 18 heavy (non-hydrogen) atoms. The summed E-state index contributed by atoms with van der Waals surface area (Å²) >= 11 is 0. The van der Waals surface area contributed by atoms with Crippen molar-refractivity contribution in [2.75, 3.05) is 27.2 Å². The highest BCUT2D eigenvalue weighted by Gasteiger charge is 2.47. The minimum absolute atomic E-state index is 0.274. The Morgan fingerprint density at radius 3 is 2.72 bits per heavy atom. The molecule has 2 aliphatic heterocycles. The van der Waals surface area contributed by atoms with Crippen molar-refractivity contribution in [2.24, 2.45) is 0 Å². The van der Waals surface area contributed by atoms with E-state index in [1.165, 1.54) is 11.1 Å². The Bertz CT molecular complexity index is 478. The van der Waals surface area contributed by atoms with E-state index >= 15 is 0 Å². The maximum Gasteiger partial charge on any atom is 0.233 e. The molecular weight excluding hydrogens is 226 g/mol. The van der Waals surface area contributed by atoms with Crippen LogP contribution in [0, 0.1) is 0 Å². The topological polar surface area (TPSA) is 36.4 Å². The van der Waals surface area contributed by atoms with Crippen LogP contribution in [0.2, 0.25) is 0 Å². The van der Waals surface area contributed by atoms with Gasteiger partial charge in [0.2, 0.25) is 5.91 Å². The van der Waals surface area contributed by atoms with Gasteiger partial charge in [0.05, 0.1) is 5.41 Å². The Kier molecular flexibility index (Phi) is 2.63. The number of piperidine rings is 1. The van der Waals surface area contributed by atoms with Crippen LogP contribution in [0.3, 0.4) is 0 Å². The van der Waals surface area contributed by atoms with Crippen LogP contribution >= 0.6 is 0 Å². The predicted octanol–water partition coefficient (Wildman–Crippen LogP) is 1.02. The number of carbonyl (C=O) groups excluding carboxylic acids is 1. The van der Waals surface area contributed by atoms with Crippen LogP contribution < -0.4 is 0 Å². The molecule has 4 nitrogen and oxygen atoms in total. The first-order valence-corrected chi connectivity index (χ1v) is 6.51. The number of amides is 1. The zero-order valence-corrected chi connectivity index (χ0v) is 11.0. The van der Waals surface area contributed by atoms with Gasteiger partial charge in [-0.15, -0.1) is 0 Å². The fourth-order valence-corrected chi connectivity index (χ4v) is 3.28. The molecule has 0 aliphatic carbocycles. The number of pyridine rings is 1. The van der Waals surface area contributed by atoms with Crippen molar-refractivity contribution in [3.05, 3.63) is 29.6 Å². The van der Waals surface area contributed by atoms with Crippen molar-refractivity contribution in [2.45, 2.75) is 24.8 Å². The smallest absolute Gasteiger partial charge is 0.233 e. The van der Waals surface area contributed by atoms with E-state index in [1.54, 1.807) is 0 Å². The summed E-state index contributed by atoms with van der Waals surface area (Å²) in [7, 11) is 4.03. The number of fused-ring (bicyclic) bond motifs is 2. The molecule has 3 heterocycles. The fraction of sp³-hybridized carbons (Fsp3) is 0.571. The van der Waals surface area contributed by atoms with Crippen molar-refractivity contribution in [1.82, 2.24) is 14.8 Å². The molecule has 1 spiro atoms. The normalized spacial score (nSPS) is 23.2. The average Bonchev–Trinajstić information content (AvgIpc) is 2.39. The molecule has 1 amide bonds. The van der Waals surface area contributed by atoms with Gasteiger partial charge in [-0.25, -0.2) is 0 Å². The molecule has 0 aromatic carbocycles. The number of carbonyl (C=O) groups is 1. The lowest BCUT2D eigenvalue weighted by Crippen LogP contribution is -2.54. The first-order valence-electron chi connectivity index (χ1n) is 6.51. The van der Waals surface area contributed by atoms with Crippen molar-refractivity contribution in [3.8, 4) is 0 Å². The Hall–Kier alpha value is -1.42. The molecule has 4 heteroatoms. The molecule has 0 unspecified atom stereocenters. The van der Waals surface area contributed by atoms with Crippen LogP contribution in [-0.4, -0.2) is 47.9 Å². The molecular formula is C14H19N3O. The summed E-state index contributed by atoms with van der Waals surface area (Å²) in [6.07, 6.45) is 5.55. The summed E-state index contributed by atoms with van der Waals surface area (Å²) in [5.74, 6) is 0.274. The lowest BCUT2D eigenvalue weighted by molar-refractivity contribution is -0.140. The number of rotatable bonds is 0. The largest absolute Gasteiger partial charge is 0.341 e. The van der Waals surface area contributed by atoms with Crippen LogP contribution in [0.5, 0.6) is 0 Å². The van der Waals surface area contributed by atoms with Gasteiger partial charge in [0.15, 0.2) is 0 Å². The number of likely N-dealkylation sites (N-methyl/N-ethyl adjacent to an activating group) is 1. The third kappa shape index (κ3) is 1.56. The lowest BCUT2D eigenvalue weighted by atomic mass is 9.69. The second kappa shape index (κ2) is 4.05. The average molecular weight is 245 g/mol. The lowest BCUT2D eigenvalue weighted by Gasteiger charge is -2.45. The standard InChI is InChI=1S/C14H19N3O/c1-16-7-4-14(5-8-16)12-9-15-6-3-11(12)10-17(2)13(14)18/h3,6,9H,4-5,7-8,10H2,1-2H3. The maximum atomic E-state index is 12.7. The molecule has 1 aromatic heterocycles. The van der Waals surface area contributed by atoms with Crippen LogP contribution in [-0.2, 0) is 16.8 Å². The van der Waals surface area contributed by atoms with Crippen molar-refractivity contribution < 1.29 is 4.79 Å². The van der Waals surface area contributed by atoms with E-state index in [4.69, 9.17) is 0 Å². The summed E-state index contributed by atoms with van der Waals surface area (Å²) in [4.78, 5) is 21.1. The summed E-state index contributed by atoms with van der Waals surface area (Å²) in [6, 6.07) is 2.05. The van der Waals surface area contributed by atoms with Gasteiger partial charge in [0.25, 0.3) is 0 Å². The van der Waals surface area contributed by atoms with Crippen LogP contribution in [0.25, 0.3) is 0 Å². The van der Waals surface area contributed by atoms with Gasteiger partial charge in [-0.05, 0) is 50.2 Å². The van der Waals surface area contributed by atoms with Crippen LogP contribution in [0.15, 0.2) is 18.5 Å². The number of hydrogen-bond donors (Lipinski definition) is 0. The van der Waals surface area contributed by atoms with Gasteiger partial charge in [0.1, 0.15) is 0 Å². The number of likely N-dealkylation sites (tertiary alicyclic amines) is 1. The molecule has 96 valence electrons. The van der Waals surface area contributed by atoms with E-state index in [9.17, 15) is 4.79 Å². The third-order valence-electron chi connectivity index (χ3n) is 4.43. The van der Waals surface area contributed by atoms with Crippen molar-refractivity contribution in [1.29, 1.82) is 0 Å². The zero-order chi connectivity index (χ0) is 12.8. The second-order valence-corrected chi connectivity index (χ2v) is 5.58. The zero-order valence-electron chi connectivity index (χ0n) is 11.0. The Morgan fingerprint density at radius 2 is 2.00 bits per heavy atom. The maximum absolute atomic E-state index is 12.7. The van der Waals surface area contributed by atoms with Crippen molar-refractivity contribution >= 4 is 5.91 Å². The van der Waals surface area contributed by atoms with Gasteiger partial charge in [-0.3, -0.25) is 9.78 Å². The fourth-order valence-electron chi connectivity index (χ4n) is 3.28. The number of hydrogen-bond acceptors (Lipinski definition) is 3. The summed E-state index contributed by atoms with van der Waals surface area (Å²) < 4.78 is 0. The molecule has 0 bridgehead atoms. The minimum atomic E-state index is -0.316. The number of nitrogens with zero attached hydrogens (tertiary/aromatic N) is 3. The molecule has 3 rings (SSSR count). The molecule has 1 aromatic rings. The highest BCUT2D eigenvalue weighted by atomic mass is 16.2. The van der Waals surface area contributed by atoms with E-state index in [-0.39, 0.29) is 11.3 Å². The Labute approximate surface area is 108 Å². The molecule has 0 radical (unpaired) electrons.